The van der Waals surface area contributed by atoms with E-state index in [-0.39, 0.29) is 0 Å². The van der Waals surface area contributed by atoms with Crippen LogP contribution in [0.1, 0.15) is 20.8 Å². The van der Waals surface area contributed by atoms with E-state index in [1.165, 1.54) is 0 Å². The third-order valence-electron chi connectivity index (χ3n) is 1.12. The second kappa shape index (κ2) is 4.04. The van der Waals surface area contributed by atoms with Crippen molar-refractivity contribution in [3.8, 4) is 0 Å². The van der Waals surface area contributed by atoms with Gasteiger partial charge in [-0.15, -0.1) is 0 Å². The Hall–Kier alpha value is -0.850. The number of aliphatic imine (C=N–C) groups is 1. The summed E-state index contributed by atoms with van der Waals surface area (Å²) >= 11 is 0. The van der Waals surface area contributed by atoms with Crippen molar-refractivity contribution in [3.05, 3.63) is 24.9 Å². The Morgan fingerprint density at radius 3 is 2.10 bits per heavy atom. The first kappa shape index (κ1) is 9.15. The van der Waals surface area contributed by atoms with Gasteiger partial charge in [0.05, 0.1) is 0 Å². The van der Waals surface area contributed by atoms with Crippen LogP contribution in [0.25, 0.3) is 0 Å². The average Bonchev–Trinajstić information content (AvgIpc) is 1.81. The molecule has 56 valence electrons. The quantitative estimate of drug-likeness (QED) is 0.530. The lowest BCUT2D eigenvalue weighted by atomic mass is 10.1. The number of hydrogen-bond acceptors (Lipinski definition) is 1. The van der Waals surface area contributed by atoms with Gasteiger partial charge in [0.2, 0.25) is 0 Å². The van der Waals surface area contributed by atoms with Gasteiger partial charge in [0.25, 0.3) is 0 Å². The molecule has 0 heterocycles. The van der Waals surface area contributed by atoms with Crippen LogP contribution >= 0.6 is 0 Å². The minimum Gasteiger partial charge on any atom is -0.259 e. The lowest BCUT2D eigenvalue weighted by Gasteiger charge is -2.03. The maximum Gasteiger partial charge on any atom is 0.0426 e. The summed E-state index contributed by atoms with van der Waals surface area (Å²) in [5.41, 5.74) is 1.84. The van der Waals surface area contributed by atoms with Crippen molar-refractivity contribution >= 4 is 5.71 Å². The smallest absolute Gasteiger partial charge is 0.0426 e. The zero-order valence-electron chi connectivity index (χ0n) is 7.02. The maximum absolute atomic E-state index is 4.20. The molecule has 0 aliphatic rings. The van der Waals surface area contributed by atoms with E-state index >= 15 is 0 Å². The number of allylic oxidation sites excluding steroid dienone is 2. The van der Waals surface area contributed by atoms with E-state index in [0.29, 0.717) is 5.92 Å². The molecule has 0 aromatic rings. The van der Waals surface area contributed by atoms with Crippen molar-refractivity contribution in [2.24, 2.45) is 10.9 Å². The van der Waals surface area contributed by atoms with Crippen molar-refractivity contribution < 1.29 is 0 Å². The highest BCUT2D eigenvalue weighted by molar-refractivity contribution is 5.96. The fourth-order valence-corrected chi connectivity index (χ4v) is 0.631. The first-order valence-electron chi connectivity index (χ1n) is 3.44. The van der Waals surface area contributed by atoms with Gasteiger partial charge in [-0.1, -0.05) is 27.0 Å². The Kier molecular flexibility index (Phi) is 3.70. The Bertz CT molecular complexity index is 164. The molecule has 0 atom stereocenters. The molecule has 0 aliphatic heterocycles. The molecule has 0 fully saturated rings. The third-order valence-corrected chi connectivity index (χ3v) is 1.12. The molecule has 0 amide bonds. The van der Waals surface area contributed by atoms with E-state index in [4.69, 9.17) is 0 Å². The Labute approximate surface area is 63.2 Å². The first-order valence-corrected chi connectivity index (χ1v) is 3.44. The molecule has 0 radical (unpaired) electrons. The fraction of sp³-hybridized carbons (Fsp3) is 0.444. The average molecular weight is 137 g/mol. The number of hydrogen-bond donors (Lipinski definition) is 0. The third kappa shape index (κ3) is 3.23. The van der Waals surface area contributed by atoms with Gasteiger partial charge in [-0.05, 0) is 18.9 Å². The summed E-state index contributed by atoms with van der Waals surface area (Å²) in [6.45, 7) is 13.4. The van der Waals surface area contributed by atoms with Crippen LogP contribution in [0, 0.1) is 5.92 Å². The zero-order valence-corrected chi connectivity index (χ0v) is 7.02. The highest BCUT2D eigenvalue weighted by atomic mass is 14.7. The van der Waals surface area contributed by atoms with Gasteiger partial charge in [0.1, 0.15) is 0 Å². The summed E-state index contributed by atoms with van der Waals surface area (Å²) in [5, 5.41) is 0. The Morgan fingerprint density at radius 2 is 2.00 bits per heavy atom. The van der Waals surface area contributed by atoms with E-state index in [1.54, 1.807) is 6.08 Å². The predicted molar refractivity (Wildman–Crippen MR) is 47.3 cm³/mol. The summed E-state index contributed by atoms with van der Waals surface area (Å²) in [6, 6.07) is 0. The van der Waals surface area contributed by atoms with Crippen LogP contribution < -0.4 is 0 Å². The molecular formula is C9H15N. The molecule has 0 aromatic carbocycles. The molecule has 1 heteroatoms. The predicted octanol–water partition coefficient (Wildman–Crippen LogP) is 2.80. The minimum absolute atomic E-state index is 0.439. The van der Waals surface area contributed by atoms with Gasteiger partial charge in [-0.2, -0.15) is 0 Å². The molecule has 1 nitrogen and oxygen atoms in total. The van der Waals surface area contributed by atoms with Crippen LogP contribution in [-0.4, -0.2) is 5.71 Å². The molecular weight excluding hydrogens is 122 g/mol. The van der Waals surface area contributed by atoms with Gasteiger partial charge < -0.3 is 0 Å². The van der Waals surface area contributed by atoms with Crippen LogP contribution in [0.4, 0.5) is 0 Å². The van der Waals surface area contributed by atoms with E-state index in [2.05, 4.69) is 32.0 Å². The normalized spacial score (nSPS) is 11.8. The van der Waals surface area contributed by atoms with Crippen LogP contribution in [0.5, 0.6) is 0 Å². The molecule has 0 bridgehead atoms. The number of rotatable bonds is 3. The van der Waals surface area contributed by atoms with E-state index < -0.39 is 0 Å². The Morgan fingerprint density at radius 1 is 1.50 bits per heavy atom. The molecule has 0 spiro atoms. The van der Waals surface area contributed by atoms with Crippen molar-refractivity contribution in [3.63, 3.8) is 0 Å². The van der Waals surface area contributed by atoms with Gasteiger partial charge >= 0.3 is 0 Å². The van der Waals surface area contributed by atoms with Gasteiger partial charge in [0, 0.05) is 11.4 Å². The topological polar surface area (TPSA) is 12.4 Å². The second-order valence-corrected chi connectivity index (χ2v) is 2.63. The lowest BCUT2D eigenvalue weighted by Crippen LogP contribution is -2.02. The van der Waals surface area contributed by atoms with Crippen molar-refractivity contribution in [1.82, 2.24) is 0 Å². The molecule has 0 rings (SSSR count). The van der Waals surface area contributed by atoms with Crippen LogP contribution in [-0.2, 0) is 0 Å². The summed E-state index contributed by atoms with van der Waals surface area (Å²) in [7, 11) is 0. The number of nitrogens with zero attached hydrogens (tertiary/aromatic N) is 1. The van der Waals surface area contributed by atoms with Gasteiger partial charge in [-0.25, -0.2) is 0 Å². The van der Waals surface area contributed by atoms with Gasteiger partial charge in [0.15, 0.2) is 0 Å². The minimum atomic E-state index is 0.439. The highest BCUT2D eigenvalue weighted by Crippen LogP contribution is 2.01. The van der Waals surface area contributed by atoms with E-state index in [0.717, 1.165) is 11.4 Å². The van der Waals surface area contributed by atoms with E-state index in [9.17, 15) is 0 Å². The summed E-state index contributed by atoms with van der Waals surface area (Å²) < 4.78 is 0. The van der Waals surface area contributed by atoms with Crippen LogP contribution in [0.3, 0.4) is 0 Å². The monoisotopic (exact) mass is 137 g/mol. The summed E-state index contributed by atoms with van der Waals surface area (Å²) in [5.74, 6) is 0.439. The Balaban J connectivity index is 4.33. The van der Waals surface area contributed by atoms with Gasteiger partial charge in [-0.3, -0.25) is 4.99 Å². The van der Waals surface area contributed by atoms with Crippen molar-refractivity contribution in [2.45, 2.75) is 20.8 Å². The molecule has 0 aliphatic carbocycles. The lowest BCUT2D eigenvalue weighted by molar-refractivity contribution is 0.886. The zero-order chi connectivity index (χ0) is 8.15. The molecule has 10 heavy (non-hydrogen) atoms. The largest absolute Gasteiger partial charge is 0.259 e. The summed E-state index contributed by atoms with van der Waals surface area (Å²) in [4.78, 5) is 4.20. The van der Waals surface area contributed by atoms with Crippen molar-refractivity contribution in [2.75, 3.05) is 0 Å². The fourth-order valence-electron chi connectivity index (χ4n) is 0.631. The second-order valence-electron chi connectivity index (χ2n) is 2.63. The molecule has 0 N–H and O–H groups in total. The summed E-state index contributed by atoms with van der Waals surface area (Å²) in [6.07, 6.45) is 1.78. The highest BCUT2D eigenvalue weighted by Gasteiger charge is 1.98. The molecule has 0 unspecified atom stereocenters. The maximum atomic E-state index is 4.20. The first-order chi connectivity index (χ1) is 4.57. The molecule has 0 saturated carbocycles. The van der Waals surface area contributed by atoms with Crippen molar-refractivity contribution in [1.29, 1.82) is 0 Å². The molecule has 0 saturated heterocycles. The standard InChI is InChI=1S/C9H15N/c1-6-9(7(2)3)10-8(4)5/h6-7H,1,4H2,2-3,5H3. The SMILES string of the molecule is C=CC(=NC(=C)C)C(C)C. The van der Waals surface area contributed by atoms with E-state index in [1.807, 2.05) is 6.92 Å². The van der Waals surface area contributed by atoms with Crippen LogP contribution in [0.2, 0.25) is 0 Å². The molecule has 0 aromatic heterocycles. The van der Waals surface area contributed by atoms with Crippen LogP contribution in [0.15, 0.2) is 29.9 Å².